The van der Waals surface area contributed by atoms with Crippen LogP contribution in [-0.2, 0) is 30.3 Å². The third-order valence-corrected chi connectivity index (χ3v) is 5.47. The first-order valence-corrected chi connectivity index (χ1v) is 10.3. The van der Waals surface area contributed by atoms with Crippen LogP contribution in [0.3, 0.4) is 0 Å². The summed E-state index contributed by atoms with van der Waals surface area (Å²) in [7, 11) is 2.87. The molecule has 0 spiro atoms. The van der Waals surface area contributed by atoms with Gasteiger partial charge in [-0.25, -0.2) is 4.79 Å². The number of esters is 2. The molecule has 1 heterocycles. The summed E-state index contributed by atoms with van der Waals surface area (Å²) in [6, 6.07) is 6.81. The number of carbonyl (C=O) groups excluding carboxylic acids is 3. The average molecular weight is 421 g/mol. The third-order valence-electron chi connectivity index (χ3n) is 5.47. The largest absolute Gasteiger partial charge is 0.497 e. The summed E-state index contributed by atoms with van der Waals surface area (Å²) < 4.78 is 15.1. The first kappa shape index (κ1) is 23.7. The van der Waals surface area contributed by atoms with Crippen molar-refractivity contribution in [3.63, 3.8) is 0 Å². The van der Waals surface area contributed by atoms with Crippen LogP contribution in [0.5, 0.6) is 5.75 Å². The van der Waals surface area contributed by atoms with Crippen molar-refractivity contribution < 1.29 is 28.6 Å². The number of hydrogen-bond acceptors (Lipinski definition) is 7. The minimum atomic E-state index is -1.06. The number of nitrogens with one attached hydrogen (secondary N) is 2. The van der Waals surface area contributed by atoms with Crippen LogP contribution in [-0.4, -0.2) is 56.3 Å². The van der Waals surface area contributed by atoms with Crippen molar-refractivity contribution in [3.8, 4) is 5.75 Å². The number of amides is 1. The summed E-state index contributed by atoms with van der Waals surface area (Å²) in [4.78, 5) is 36.6. The van der Waals surface area contributed by atoms with Gasteiger partial charge in [-0.1, -0.05) is 12.1 Å². The molecule has 166 valence electrons. The van der Waals surface area contributed by atoms with Crippen LogP contribution in [0, 0.1) is 0 Å². The Morgan fingerprint density at radius 2 is 1.90 bits per heavy atom. The predicted molar refractivity (Wildman–Crippen MR) is 111 cm³/mol. The van der Waals surface area contributed by atoms with Gasteiger partial charge in [0.1, 0.15) is 11.9 Å². The van der Waals surface area contributed by atoms with Gasteiger partial charge in [0.2, 0.25) is 5.91 Å². The zero-order valence-electron chi connectivity index (χ0n) is 18.2. The molecule has 0 saturated carbocycles. The molecule has 0 bridgehead atoms. The molecule has 8 nitrogen and oxygen atoms in total. The second-order valence-electron chi connectivity index (χ2n) is 7.60. The van der Waals surface area contributed by atoms with Crippen molar-refractivity contribution in [2.75, 3.05) is 20.8 Å². The molecule has 2 N–H and O–H groups in total. The van der Waals surface area contributed by atoms with Gasteiger partial charge in [-0.2, -0.15) is 0 Å². The van der Waals surface area contributed by atoms with Crippen LogP contribution < -0.4 is 15.4 Å². The van der Waals surface area contributed by atoms with Crippen LogP contribution in [0.25, 0.3) is 0 Å². The second-order valence-corrected chi connectivity index (χ2v) is 7.60. The van der Waals surface area contributed by atoms with Crippen LogP contribution in [0.1, 0.15) is 45.1 Å². The van der Waals surface area contributed by atoms with Gasteiger partial charge in [0, 0.05) is 6.92 Å². The number of aryl methyl sites for hydroxylation is 1. The molecule has 1 fully saturated rings. The highest BCUT2D eigenvalue weighted by Crippen LogP contribution is 2.27. The van der Waals surface area contributed by atoms with Crippen LogP contribution >= 0.6 is 0 Å². The maximum Gasteiger partial charge on any atom is 0.332 e. The minimum Gasteiger partial charge on any atom is -0.497 e. The lowest BCUT2D eigenvalue weighted by Gasteiger charge is -2.31. The minimum absolute atomic E-state index is 0.274. The van der Waals surface area contributed by atoms with E-state index in [9.17, 15) is 14.4 Å². The second kappa shape index (κ2) is 11.0. The number of ether oxygens (including phenoxy) is 3. The maximum absolute atomic E-state index is 13.2. The average Bonchev–Trinajstić information content (AvgIpc) is 3.21. The monoisotopic (exact) mass is 420 g/mol. The number of methoxy groups -OCH3 is 2. The lowest BCUT2D eigenvalue weighted by atomic mass is 9.88. The van der Waals surface area contributed by atoms with Crippen LogP contribution in [0.4, 0.5) is 0 Å². The topological polar surface area (TPSA) is 103 Å². The molecule has 1 unspecified atom stereocenters. The normalized spacial score (nSPS) is 20.1. The van der Waals surface area contributed by atoms with E-state index in [0.717, 1.165) is 31.6 Å². The fraction of sp³-hybridized carbons (Fsp3) is 0.591. The smallest absolute Gasteiger partial charge is 0.332 e. The fourth-order valence-corrected chi connectivity index (χ4v) is 3.82. The Kier molecular flexibility index (Phi) is 8.65. The number of benzene rings is 1. The summed E-state index contributed by atoms with van der Waals surface area (Å²) in [5.41, 5.74) is 0.412. The summed E-state index contributed by atoms with van der Waals surface area (Å²) in [6.45, 7) is 3.55. The maximum atomic E-state index is 13.2. The molecule has 0 radical (unpaired) electrons. The van der Waals surface area contributed by atoms with E-state index in [1.54, 1.807) is 14.0 Å². The molecule has 8 heteroatoms. The number of rotatable bonds is 10. The standard InChI is InChI=1S/C22H32N2O6/c1-15(30-16(2)25)19(20(26)29-4)24-21(27)22(13-6-14-23-22)12-5-7-17-8-10-18(28-3)11-9-17/h8-11,15,19,23H,5-7,12-14H2,1-4H3,(H,24,27)/t15-,19+,22?/m1/s1. The Bertz CT molecular complexity index is 728. The lowest BCUT2D eigenvalue weighted by molar-refractivity contribution is -0.156. The highest BCUT2D eigenvalue weighted by molar-refractivity contribution is 5.91. The van der Waals surface area contributed by atoms with Gasteiger partial charge in [-0.15, -0.1) is 0 Å². The van der Waals surface area contributed by atoms with Gasteiger partial charge >= 0.3 is 11.9 Å². The third kappa shape index (κ3) is 6.19. The van der Waals surface area contributed by atoms with Crippen molar-refractivity contribution >= 4 is 17.8 Å². The quantitative estimate of drug-likeness (QED) is 0.556. The Morgan fingerprint density at radius 3 is 2.43 bits per heavy atom. The molecular weight excluding hydrogens is 388 g/mol. The SMILES string of the molecule is COC(=O)[C@@H](NC(=O)C1(CCCc2ccc(OC)cc2)CCCN1)[C@@H](C)OC(C)=O. The van der Waals surface area contributed by atoms with E-state index in [2.05, 4.69) is 10.6 Å². The van der Waals surface area contributed by atoms with Gasteiger partial charge in [-0.3, -0.25) is 9.59 Å². The molecule has 1 amide bonds. The zero-order valence-corrected chi connectivity index (χ0v) is 18.2. The molecule has 1 saturated heterocycles. The Morgan fingerprint density at radius 1 is 1.20 bits per heavy atom. The molecule has 0 aliphatic carbocycles. The molecule has 3 atom stereocenters. The predicted octanol–water partition coefficient (Wildman–Crippen LogP) is 1.75. The van der Waals surface area contributed by atoms with Gasteiger partial charge in [0.25, 0.3) is 0 Å². The van der Waals surface area contributed by atoms with E-state index in [-0.39, 0.29) is 5.91 Å². The molecule has 1 aromatic carbocycles. The lowest BCUT2D eigenvalue weighted by Crippen LogP contribution is -2.59. The van der Waals surface area contributed by atoms with Crippen molar-refractivity contribution in [1.82, 2.24) is 10.6 Å². The first-order chi connectivity index (χ1) is 14.3. The fourth-order valence-electron chi connectivity index (χ4n) is 3.82. The molecule has 30 heavy (non-hydrogen) atoms. The van der Waals surface area contributed by atoms with Crippen molar-refractivity contribution in [3.05, 3.63) is 29.8 Å². The van der Waals surface area contributed by atoms with Gasteiger partial charge in [0.05, 0.1) is 19.8 Å². The van der Waals surface area contributed by atoms with Crippen molar-refractivity contribution in [1.29, 1.82) is 0 Å². The van der Waals surface area contributed by atoms with Gasteiger partial charge in [0.15, 0.2) is 6.04 Å². The number of hydrogen-bond donors (Lipinski definition) is 2. The first-order valence-electron chi connectivity index (χ1n) is 10.3. The van der Waals surface area contributed by atoms with Crippen LogP contribution in [0.15, 0.2) is 24.3 Å². The summed E-state index contributed by atoms with van der Waals surface area (Å²) in [5.74, 6) is -0.644. The van der Waals surface area contributed by atoms with Gasteiger partial charge < -0.3 is 24.8 Å². The van der Waals surface area contributed by atoms with E-state index in [1.807, 2.05) is 24.3 Å². The Hall–Kier alpha value is -2.61. The zero-order chi connectivity index (χ0) is 22.1. The van der Waals surface area contributed by atoms with Crippen molar-refractivity contribution in [2.24, 2.45) is 0 Å². The Labute approximate surface area is 177 Å². The molecule has 0 aromatic heterocycles. The highest BCUT2D eigenvalue weighted by atomic mass is 16.6. The van der Waals surface area contributed by atoms with Crippen molar-refractivity contribution in [2.45, 2.75) is 63.6 Å². The Balaban J connectivity index is 2.03. The van der Waals surface area contributed by atoms with Gasteiger partial charge in [-0.05, 0) is 63.3 Å². The highest BCUT2D eigenvalue weighted by Gasteiger charge is 2.43. The number of carbonyl (C=O) groups is 3. The van der Waals surface area contributed by atoms with Crippen LogP contribution in [0.2, 0.25) is 0 Å². The molecule has 2 rings (SSSR count). The summed E-state index contributed by atoms with van der Waals surface area (Å²) >= 11 is 0. The summed E-state index contributed by atoms with van der Waals surface area (Å²) in [5, 5.41) is 6.07. The van der Waals surface area contributed by atoms with E-state index in [4.69, 9.17) is 14.2 Å². The molecule has 1 aliphatic rings. The van der Waals surface area contributed by atoms with E-state index >= 15 is 0 Å². The van der Waals surface area contributed by atoms with E-state index in [1.165, 1.54) is 19.6 Å². The molecular formula is C22H32N2O6. The molecule has 1 aliphatic heterocycles. The molecule has 1 aromatic rings. The van der Waals surface area contributed by atoms with E-state index < -0.39 is 29.6 Å². The van der Waals surface area contributed by atoms with E-state index in [0.29, 0.717) is 12.8 Å². The summed E-state index contributed by atoms with van der Waals surface area (Å²) in [6.07, 6.45) is 2.97.